The average molecular weight is 548 g/mol. The zero-order valence-electron chi connectivity index (χ0n) is 25.5. The third kappa shape index (κ3) is 3.78. The van der Waals surface area contributed by atoms with Gasteiger partial charge in [-0.05, 0) is 120 Å². The first-order valence-electron chi connectivity index (χ1n) is 15.7. The van der Waals surface area contributed by atoms with Crippen molar-refractivity contribution in [3.63, 3.8) is 0 Å². The Hall–Kier alpha value is -1.41. The summed E-state index contributed by atoms with van der Waals surface area (Å²) in [6.45, 7) is 17.3. The molecule has 0 saturated heterocycles. The van der Waals surface area contributed by atoms with Crippen LogP contribution in [0.1, 0.15) is 112 Å². The molecule has 0 spiro atoms. The fourth-order valence-corrected chi connectivity index (χ4v) is 11.8. The molecule has 0 bridgehead atoms. The van der Waals surface area contributed by atoms with Gasteiger partial charge in [-0.1, -0.05) is 66.2 Å². The molecule has 0 aromatic carbocycles. The standard InChI is InChI=1S/C36H50ClNO/c1-31(2)14-16-36(23-37)17-15-34(6)26(27(36)21-31)10-11-29-33(5)20-25(19-24-9-8-18-38-22-24)30(39)32(3,4)28(33)12-13-35(29,34)7/h8-9,18-19,21-22,26,28-29H,10-17,20,23H2,1-7H3/b25-19-/t26-,28+,29-,33+,34-,35-,36-/m1/s1. The third-order valence-corrected chi connectivity index (χ3v) is 14.1. The second-order valence-corrected chi connectivity index (χ2v) is 16.6. The lowest BCUT2D eigenvalue weighted by atomic mass is 9.32. The molecule has 0 unspecified atom stereocenters. The second-order valence-electron chi connectivity index (χ2n) is 16.3. The van der Waals surface area contributed by atoms with Crippen molar-refractivity contribution in [3.8, 4) is 0 Å². The largest absolute Gasteiger partial charge is 0.294 e. The first kappa shape index (κ1) is 27.7. The normalized spacial score (nSPS) is 45.4. The lowest BCUT2D eigenvalue weighted by Gasteiger charge is -2.72. The fraction of sp³-hybridized carbons (Fsp3) is 0.722. The van der Waals surface area contributed by atoms with Crippen molar-refractivity contribution >= 4 is 23.5 Å². The van der Waals surface area contributed by atoms with Crippen molar-refractivity contribution < 1.29 is 4.79 Å². The van der Waals surface area contributed by atoms with Gasteiger partial charge in [0.1, 0.15) is 0 Å². The van der Waals surface area contributed by atoms with Crippen LogP contribution in [0.2, 0.25) is 0 Å². The highest BCUT2D eigenvalue weighted by Crippen LogP contribution is 2.76. The summed E-state index contributed by atoms with van der Waals surface area (Å²) in [5.41, 5.74) is 4.59. The molecule has 0 N–H and O–H groups in total. The van der Waals surface area contributed by atoms with Crippen molar-refractivity contribution in [1.82, 2.24) is 4.98 Å². The van der Waals surface area contributed by atoms with Crippen LogP contribution in [0.25, 0.3) is 6.08 Å². The summed E-state index contributed by atoms with van der Waals surface area (Å²) in [6.07, 6.45) is 19.4. The van der Waals surface area contributed by atoms with E-state index in [9.17, 15) is 4.79 Å². The van der Waals surface area contributed by atoms with Crippen LogP contribution in [-0.2, 0) is 4.79 Å². The van der Waals surface area contributed by atoms with Crippen LogP contribution in [0.4, 0.5) is 0 Å². The average Bonchev–Trinajstić information content (AvgIpc) is 2.88. The molecule has 0 radical (unpaired) electrons. The van der Waals surface area contributed by atoms with E-state index in [-0.39, 0.29) is 32.5 Å². The van der Waals surface area contributed by atoms with E-state index < -0.39 is 0 Å². The molecular weight excluding hydrogens is 498 g/mol. The SMILES string of the molecule is CC1(C)C=C2[C@H]3CC[C@@H]4[C@@]5(C)C/C(=C/c6cccnc6)C(=O)C(C)(C)[C@@H]5CC[C@@]4(C)[C@]3(C)CC[C@@]2(CCl)CC1. The van der Waals surface area contributed by atoms with E-state index in [4.69, 9.17) is 11.6 Å². The maximum absolute atomic E-state index is 14.0. The molecule has 1 heterocycles. The minimum Gasteiger partial charge on any atom is -0.294 e. The van der Waals surface area contributed by atoms with E-state index in [2.05, 4.69) is 71.7 Å². The van der Waals surface area contributed by atoms with E-state index in [0.717, 1.165) is 29.9 Å². The lowest BCUT2D eigenvalue weighted by Crippen LogP contribution is -2.65. The van der Waals surface area contributed by atoms with Crippen molar-refractivity contribution in [2.45, 2.75) is 106 Å². The molecule has 1 aromatic heterocycles. The van der Waals surface area contributed by atoms with Gasteiger partial charge in [0, 0.05) is 29.1 Å². The molecule has 1 aromatic rings. The van der Waals surface area contributed by atoms with Gasteiger partial charge in [0.15, 0.2) is 5.78 Å². The van der Waals surface area contributed by atoms with Gasteiger partial charge in [-0.3, -0.25) is 9.78 Å². The molecule has 0 amide bonds. The Balaban J connectivity index is 1.42. The van der Waals surface area contributed by atoms with Crippen LogP contribution in [0.5, 0.6) is 0 Å². The van der Waals surface area contributed by atoms with Crippen LogP contribution in [-0.4, -0.2) is 16.6 Å². The predicted molar refractivity (Wildman–Crippen MR) is 162 cm³/mol. The summed E-state index contributed by atoms with van der Waals surface area (Å²) in [4.78, 5) is 18.3. The van der Waals surface area contributed by atoms with E-state index in [1.165, 1.54) is 44.9 Å². The highest BCUT2D eigenvalue weighted by molar-refractivity contribution is 6.18. The summed E-state index contributed by atoms with van der Waals surface area (Å²) in [7, 11) is 0. The summed E-state index contributed by atoms with van der Waals surface area (Å²) in [5, 5.41) is 0. The molecule has 5 aliphatic rings. The number of fused-ring (bicyclic) bond motifs is 7. The van der Waals surface area contributed by atoms with Gasteiger partial charge in [0.05, 0.1) is 0 Å². The van der Waals surface area contributed by atoms with E-state index in [0.29, 0.717) is 23.5 Å². The molecular formula is C36H50ClNO. The van der Waals surface area contributed by atoms with Gasteiger partial charge in [-0.15, -0.1) is 11.6 Å². The zero-order chi connectivity index (χ0) is 28.1. The Labute approximate surface area is 242 Å². The van der Waals surface area contributed by atoms with Gasteiger partial charge in [-0.25, -0.2) is 0 Å². The molecule has 7 atom stereocenters. The number of alkyl halides is 1. The number of carbonyl (C=O) groups is 1. The Kier molecular flexibility index (Phi) is 6.26. The number of allylic oxidation sites excluding steroid dienone is 3. The van der Waals surface area contributed by atoms with E-state index >= 15 is 0 Å². The fourth-order valence-electron chi connectivity index (χ4n) is 11.3. The third-order valence-electron chi connectivity index (χ3n) is 13.6. The van der Waals surface area contributed by atoms with Crippen molar-refractivity contribution in [3.05, 3.63) is 47.3 Å². The van der Waals surface area contributed by atoms with Gasteiger partial charge < -0.3 is 0 Å². The highest BCUT2D eigenvalue weighted by Gasteiger charge is 2.69. The van der Waals surface area contributed by atoms with Gasteiger partial charge in [0.25, 0.3) is 0 Å². The van der Waals surface area contributed by atoms with Crippen molar-refractivity contribution in [1.29, 1.82) is 0 Å². The molecule has 4 fully saturated rings. The van der Waals surface area contributed by atoms with Crippen LogP contribution < -0.4 is 0 Å². The second kappa shape index (κ2) is 8.80. The van der Waals surface area contributed by atoms with Gasteiger partial charge >= 0.3 is 0 Å². The number of halogens is 1. The van der Waals surface area contributed by atoms with Crippen LogP contribution >= 0.6 is 11.6 Å². The quantitative estimate of drug-likeness (QED) is 0.209. The molecule has 212 valence electrons. The molecule has 4 saturated carbocycles. The number of pyridine rings is 1. The number of carbonyl (C=O) groups excluding carboxylic acids is 1. The van der Waals surface area contributed by atoms with Crippen molar-refractivity contribution in [2.24, 2.45) is 50.2 Å². The van der Waals surface area contributed by atoms with E-state index in [1.807, 2.05) is 18.5 Å². The van der Waals surface area contributed by atoms with Crippen LogP contribution in [0.15, 0.2) is 41.7 Å². The topological polar surface area (TPSA) is 30.0 Å². The van der Waals surface area contributed by atoms with Gasteiger partial charge in [-0.2, -0.15) is 0 Å². The number of ketones is 1. The molecule has 6 rings (SSSR count). The lowest BCUT2D eigenvalue weighted by molar-refractivity contribution is -0.205. The minimum atomic E-state index is -0.337. The Bertz CT molecular complexity index is 1230. The minimum absolute atomic E-state index is 0.119. The van der Waals surface area contributed by atoms with Gasteiger partial charge in [0.2, 0.25) is 0 Å². The number of hydrogen-bond acceptors (Lipinski definition) is 2. The number of hydrogen-bond donors (Lipinski definition) is 0. The summed E-state index contributed by atoms with van der Waals surface area (Å²) < 4.78 is 0. The molecule has 5 aliphatic carbocycles. The summed E-state index contributed by atoms with van der Waals surface area (Å²) in [5.74, 6) is 2.82. The first-order valence-corrected chi connectivity index (χ1v) is 16.2. The Morgan fingerprint density at radius 3 is 2.36 bits per heavy atom. The molecule has 3 heteroatoms. The summed E-state index contributed by atoms with van der Waals surface area (Å²) in [6, 6.07) is 4.05. The van der Waals surface area contributed by atoms with Crippen LogP contribution in [0, 0.1) is 50.2 Å². The van der Waals surface area contributed by atoms with E-state index in [1.54, 1.807) is 5.57 Å². The smallest absolute Gasteiger partial charge is 0.164 e. The first-order chi connectivity index (χ1) is 18.2. The Morgan fingerprint density at radius 1 is 0.923 bits per heavy atom. The monoisotopic (exact) mass is 547 g/mol. The summed E-state index contributed by atoms with van der Waals surface area (Å²) >= 11 is 6.84. The number of rotatable bonds is 2. The predicted octanol–water partition coefficient (Wildman–Crippen LogP) is 9.68. The van der Waals surface area contributed by atoms with Crippen LogP contribution in [0.3, 0.4) is 0 Å². The number of Topliss-reactive ketones (excluding diaryl/α,β-unsaturated/α-hetero) is 1. The highest BCUT2D eigenvalue weighted by atomic mass is 35.5. The maximum Gasteiger partial charge on any atom is 0.164 e. The van der Waals surface area contributed by atoms with Crippen molar-refractivity contribution in [2.75, 3.05) is 5.88 Å². The number of aromatic nitrogens is 1. The molecule has 0 aliphatic heterocycles. The maximum atomic E-state index is 14.0. The zero-order valence-corrected chi connectivity index (χ0v) is 26.3. The molecule has 2 nitrogen and oxygen atoms in total. The molecule has 39 heavy (non-hydrogen) atoms. The Morgan fingerprint density at radius 2 is 1.67 bits per heavy atom. The number of nitrogens with zero attached hydrogens (tertiary/aromatic N) is 1.